The average molecular weight is 276 g/mol. The molecule has 2 unspecified atom stereocenters. The standard InChI is InChI=1S/C16H28N4/c1-13(17)15(14-6-5-7-18-12-14)19-8-10-20(11-9-19)16(2,3)4/h5-7,12-13,15H,8-11,17H2,1-4H3. The number of rotatable bonds is 3. The van der Waals surface area contributed by atoms with E-state index in [0.717, 1.165) is 26.2 Å². The summed E-state index contributed by atoms with van der Waals surface area (Å²) in [4.78, 5) is 9.29. The van der Waals surface area contributed by atoms with Crippen LogP contribution in [0.4, 0.5) is 0 Å². The Morgan fingerprint density at radius 3 is 2.30 bits per heavy atom. The molecule has 1 aromatic rings. The van der Waals surface area contributed by atoms with E-state index in [2.05, 4.69) is 48.5 Å². The monoisotopic (exact) mass is 276 g/mol. The fourth-order valence-corrected chi connectivity index (χ4v) is 3.07. The van der Waals surface area contributed by atoms with Crippen LogP contribution in [0.3, 0.4) is 0 Å². The van der Waals surface area contributed by atoms with Gasteiger partial charge in [0.15, 0.2) is 0 Å². The lowest BCUT2D eigenvalue weighted by Gasteiger charge is -2.45. The first-order valence-electron chi connectivity index (χ1n) is 7.54. The molecule has 0 aliphatic carbocycles. The van der Waals surface area contributed by atoms with E-state index in [4.69, 9.17) is 5.73 Å². The Morgan fingerprint density at radius 2 is 1.85 bits per heavy atom. The number of nitrogens with zero attached hydrogens (tertiary/aromatic N) is 3. The van der Waals surface area contributed by atoms with Crippen LogP contribution in [-0.4, -0.2) is 52.5 Å². The summed E-state index contributed by atoms with van der Waals surface area (Å²) in [5.41, 5.74) is 7.72. The zero-order valence-corrected chi connectivity index (χ0v) is 13.2. The minimum atomic E-state index is 0.111. The molecule has 0 bridgehead atoms. The number of pyridine rings is 1. The van der Waals surface area contributed by atoms with Gasteiger partial charge in [-0.3, -0.25) is 14.8 Å². The predicted octanol–water partition coefficient (Wildman–Crippen LogP) is 1.89. The molecule has 2 heterocycles. The predicted molar refractivity (Wildman–Crippen MR) is 83.5 cm³/mol. The highest BCUT2D eigenvalue weighted by molar-refractivity contribution is 5.16. The average Bonchev–Trinajstić information content (AvgIpc) is 2.39. The Hall–Kier alpha value is -0.970. The van der Waals surface area contributed by atoms with Gasteiger partial charge in [-0.25, -0.2) is 0 Å². The lowest BCUT2D eigenvalue weighted by molar-refractivity contribution is 0.0368. The molecular formula is C16H28N4. The molecule has 1 saturated heterocycles. The summed E-state index contributed by atoms with van der Waals surface area (Å²) in [6.07, 6.45) is 3.77. The SMILES string of the molecule is CC(N)C(c1cccnc1)N1CCN(C(C)(C)C)CC1. The fourth-order valence-electron chi connectivity index (χ4n) is 3.07. The van der Waals surface area contributed by atoms with Gasteiger partial charge in [0.1, 0.15) is 0 Å². The Balaban J connectivity index is 2.07. The molecule has 0 aromatic carbocycles. The van der Waals surface area contributed by atoms with Crippen molar-refractivity contribution in [3.63, 3.8) is 0 Å². The van der Waals surface area contributed by atoms with Gasteiger partial charge in [-0.2, -0.15) is 0 Å². The largest absolute Gasteiger partial charge is 0.326 e. The van der Waals surface area contributed by atoms with Gasteiger partial charge in [0, 0.05) is 50.2 Å². The molecule has 1 aromatic heterocycles. The molecule has 2 N–H and O–H groups in total. The van der Waals surface area contributed by atoms with Gasteiger partial charge in [0.25, 0.3) is 0 Å². The van der Waals surface area contributed by atoms with E-state index < -0.39 is 0 Å². The van der Waals surface area contributed by atoms with Crippen molar-refractivity contribution in [3.8, 4) is 0 Å². The highest BCUT2D eigenvalue weighted by Crippen LogP contribution is 2.26. The second-order valence-corrected chi connectivity index (χ2v) is 6.78. The molecule has 1 fully saturated rings. The number of aromatic nitrogens is 1. The Morgan fingerprint density at radius 1 is 1.20 bits per heavy atom. The van der Waals surface area contributed by atoms with Crippen LogP contribution in [0.1, 0.15) is 39.3 Å². The second-order valence-electron chi connectivity index (χ2n) is 6.78. The van der Waals surface area contributed by atoms with Crippen LogP contribution in [0.2, 0.25) is 0 Å². The van der Waals surface area contributed by atoms with Crippen molar-refractivity contribution in [2.45, 2.75) is 45.3 Å². The molecule has 1 aliphatic rings. The van der Waals surface area contributed by atoms with Gasteiger partial charge in [-0.05, 0) is 39.3 Å². The van der Waals surface area contributed by atoms with Crippen molar-refractivity contribution in [2.75, 3.05) is 26.2 Å². The molecular weight excluding hydrogens is 248 g/mol. The minimum Gasteiger partial charge on any atom is -0.326 e. The van der Waals surface area contributed by atoms with E-state index >= 15 is 0 Å². The van der Waals surface area contributed by atoms with E-state index in [0.29, 0.717) is 0 Å². The van der Waals surface area contributed by atoms with E-state index in [-0.39, 0.29) is 17.6 Å². The van der Waals surface area contributed by atoms with Crippen LogP contribution in [0.15, 0.2) is 24.5 Å². The second kappa shape index (κ2) is 6.20. The summed E-state index contributed by atoms with van der Waals surface area (Å²) in [5.74, 6) is 0. The maximum Gasteiger partial charge on any atom is 0.0512 e. The Labute approximate surface area is 123 Å². The van der Waals surface area contributed by atoms with E-state index in [9.17, 15) is 0 Å². The number of hydrogen-bond donors (Lipinski definition) is 1. The molecule has 112 valence electrons. The van der Waals surface area contributed by atoms with Crippen molar-refractivity contribution < 1.29 is 0 Å². The van der Waals surface area contributed by atoms with Gasteiger partial charge in [-0.15, -0.1) is 0 Å². The van der Waals surface area contributed by atoms with Crippen molar-refractivity contribution in [3.05, 3.63) is 30.1 Å². The molecule has 0 spiro atoms. The fraction of sp³-hybridized carbons (Fsp3) is 0.688. The normalized spacial score (nSPS) is 21.6. The topological polar surface area (TPSA) is 45.4 Å². The quantitative estimate of drug-likeness (QED) is 0.915. The lowest BCUT2D eigenvalue weighted by Crippen LogP contribution is -2.55. The zero-order valence-electron chi connectivity index (χ0n) is 13.2. The molecule has 0 amide bonds. The summed E-state index contributed by atoms with van der Waals surface area (Å²) >= 11 is 0. The lowest BCUT2D eigenvalue weighted by atomic mass is 9.99. The summed E-state index contributed by atoms with van der Waals surface area (Å²) in [6, 6.07) is 4.51. The molecule has 1 aliphatic heterocycles. The van der Waals surface area contributed by atoms with Crippen LogP contribution < -0.4 is 5.73 Å². The molecule has 20 heavy (non-hydrogen) atoms. The van der Waals surface area contributed by atoms with E-state index in [1.807, 2.05) is 18.5 Å². The van der Waals surface area contributed by atoms with Gasteiger partial charge in [0.2, 0.25) is 0 Å². The maximum atomic E-state index is 6.24. The van der Waals surface area contributed by atoms with Gasteiger partial charge in [-0.1, -0.05) is 6.07 Å². The smallest absolute Gasteiger partial charge is 0.0512 e. The summed E-state index contributed by atoms with van der Waals surface area (Å²) in [7, 11) is 0. The summed E-state index contributed by atoms with van der Waals surface area (Å²) in [5, 5.41) is 0. The summed E-state index contributed by atoms with van der Waals surface area (Å²) < 4.78 is 0. The number of piperazine rings is 1. The Bertz CT molecular complexity index is 402. The minimum absolute atomic E-state index is 0.111. The van der Waals surface area contributed by atoms with E-state index in [1.165, 1.54) is 5.56 Å². The van der Waals surface area contributed by atoms with Crippen molar-refractivity contribution >= 4 is 0 Å². The molecule has 2 atom stereocenters. The maximum absolute atomic E-state index is 6.24. The number of nitrogens with two attached hydrogens (primary N) is 1. The molecule has 0 saturated carbocycles. The molecule has 4 nitrogen and oxygen atoms in total. The van der Waals surface area contributed by atoms with Crippen molar-refractivity contribution in [1.82, 2.24) is 14.8 Å². The Kier molecular flexibility index (Phi) is 4.78. The third-order valence-corrected chi connectivity index (χ3v) is 4.18. The van der Waals surface area contributed by atoms with Crippen LogP contribution >= 0.6 is 0 Å². The van der Waals surface area contributed by atoms with Crippen LogP contribution in [0.5, 0.6) is 0 Å². The molecule has 2 rings (SSSR count). The highest BCUT2D eigenvalue weighted by atomic mass is 15.3. The zero-order chi connectivity index (χ0) is 14.8. The third-order valence-electron chi connectivity index (χ3n) is 4.18. The first-order chi connectivity index (χ1) is 9.39. The van der Waals surface area contributed by atoms with Gasteiger partial charge < -0.3 is 5.73 Å². The van der Waals surface area contributed by atoms with E-state index in [1.54, 1.807) is 0 Å². The van der Waals surface area contributed by atoms with Crippen LogP contribution in [-0.2, 0) is 0 Å². The first kappa shape index (κ1) is 15.4. The van der Waals surface area contributed by atoms with Crippen molar-refractivity contribution in [1.29, 1.82) is 0 Å². The third kappa shape index (κ3) is 3.57. The summed E-state index contributed by atoms with van der Waals surface area (Å²) in [6.45, 7) is 13.3. The van der Waals surface area contributed by atoms with Crippen LogP contribution in [0, 0.1) is 0 Å². The first-order valence-corrected chi connectivity index (χ1v) is 7.54. The van der Waals surface area contributed by atoms with Crippen molar-refractivity contribution in [2.24, 2.45) is 5.73 Å². The van der Waals surface area contributed by atoms with Gasteiger partial charge >= 0.3 is 0 Å². The van der Waals surface area contributed by atoms with Crippen LogP contribution in [0.25, 0.3) is 0 Å². The number of hydrogen-bond acceptors (Lipinski definition) is 4. The highest BCUT2D eigenvalue weighted by Gasteiger charge is 2.31. The molecule has 0 radical (unpaired) electrons. The van der Waals surface area contributed by atoms with Gasteiger partial charge in [0.05, 0.1) is 6.04 Å². The molecule has 4 heteroatoms.